The average molecular weight is 600 g/mol. The molecule has 1 aromatic heterocycles. The number of hydrogen-bond donors (Lipinski definition) is 0. The van der Waals surface area contributed by atoms with Crippen LogP contribution in [-0.4, -0.2) is 0 Å². The number of hydrogen-bond acceptors (Lipinski definition) is 1. The van der Waals surface area contributed by atoms with Gasteiger partial charge in [-0.15, -0.1) is 0 Å². The van der Waals surface area contributed by atoms with E-state index in [9.17, 15) is 11.0 Å². The maximum Gasteiger partial charge on any atom is 0.136 e. The Morgan fingerprint density at radius 3 is 1.47 bits per heavy atom. The summed E-state index contributed by atoms with van der Waals surface area (Å²) in [6, 6.07) is -23.6. The van der Waals surface area contributed by atoms with E-state index >= 15 is 0 Å². The fourth-order valence-corrected chi connectivity index (χ4v) is 5.28. The van der Waals surface area contributed by atoms with Gasteiger partial charge in [-0.3, -0.25) is 0 Å². The van der Waals surface area contributed by atoms with E-state index in [1.54, 1.807) is 0 Å². The molecule has 9 rings (SSSR count). The summed E-state index contributed by atoms with van der Waals surface area (Å²) in [5.41, 5.74) is -6.54. The normalized spacial score (nSPS) is 20.0. The number of furan rings is 1. The summed E-state index contributed by atoms with van der Waals surface area (Å²) in [6.45, 7) is 0. The van der Waals surface area contributed by atoms with Gasteiger partial charge in [-0.25, -0.2) is 0 Å². The van der Waals surface area contributed by atoms with E-state index in [-0.39, 0.29) is 16.5 Å². The Balaban J connectivity index is 1.55. The molecular formula is C44H28O. The van der Waals surface area contributed by atoms with Gasteiger partial charge in [0.05, 0.1) is 37.0 Å². The summed E-state index contributed by atoms with van der Waals surface area (Å²) in [7, 11) is 0. The third-order valence-corrected chi connectivity index (χ3v) is 7.17. The van der Waals surface area contributed by atoms with Crippen molar-refractivity contribution in [1.29, 1.82) is 0 Å². The minimum Gasteiger partial charge on any atom is -0.456 e. The van der Waals surface area contributed by atoms with Crippen molar-refractivity contribution in [2.24, 2.45) is 0 Å². The van der Waals surface area contributed by atoms with Crippen molar-refractivity contribution in [1.82, 2.24) is 0 Å². The molecule has 9 aromatic rings. The van der Waals surface area contributed by atoms with E-state index in [0.717, 1.165) is 6.07 Å². The molecule has 210 valence electrons. The Kier molecular flexibility index (Phi) is 2.38. The van der Waals surface area contributed by atoms with Crippen molar-refractivity contribution in [3.05, 3.63) is 169 Å². The molecule has 0 amide bonds. The lowest BCUT2D eigenvalue weighted by molar-refractivity contribution is 0.669. The van der Waals surface area contributed by atoms with Crippen LogP contribution in [0.15, 0.2) is 174 Å². The first kappa shape index (κ1) is 10.3. The van der Waals surface area contributed by atoms with Gasteiger partial charge in [-0.05, 0) is 90.2 Å². The van der Waals surface area contributed by atoms with Crippen molar-refractivity contribution in [3.63, 3.8) is 0 Å². The number of benzene rings is 8. The van der Waals surface area contributed by atoms with Crippen LogP contribution in [0.1, 0.15) is 37.0 Å². The first-order valence-electron chi connectivity index (χ1n) is 26.7. The lowest BCUT2D eigenvalue weighted by atomic mass is 9.84. The fraction of sp³-hybridized carbons (Fsp3) is 0. The Hall–Kier alpha value is -5.92. The second-order valence-corrected chi connectivity index (χ2v) is 9.60. The van der Waals surface area contributed by atoms with Crippen LogP contribution in [-0.2, 0) is 0 Å². The molecule has 0 saturated carbocycles. The Morgan fingerprint density at radius 1 is 0.333 bits per heavy atom. The number of fused-ring (bicyclic) bond motifs is 5. The second kappa shape index (κ2) is 10.4. The first-order valence-corrected chi connectivity index (χ1v) is 13.2. The minimum absolute atomic E-state index is 0.336. The topological polar surface area (TPSA) is 13.1 Å². The smallest absolute Gasteiger partial charge is 0.136 e. The summed E-state index contributed by atoms with van der Waals surface area (Å²) < 4.78 is 246. The van der Waals surface area contributed by atoms with Crippen LogP contribution in [0.25, 0.3) is 88.0 Å². The van der Waals surface area contributed by atoms with Gasteiger partial charge in [0.1, 0.15) is 11.2 Å². The molecule has 0 unspecified atom stereocenters. The standard InChI is InChI=1S/C44H28O/c1-3-13-29(14-4-1)31-23-25-34-35-26-24-32(28-42(35)45-41(34)27-31)43-37-19-9-11-21-39(37)44(40-22-12-10-20-38(40)43)36-18-8-7-17-33(36)30-15-5-2-6-16-30/h1-28H/i1D,2D,3D,4D,5D,6D,7D,8D,9D,10D,11D,12D,13D,14D,15D,16D,17D,18D,19D,20D,21D,22D,23D,24D,25D,26D,28D. The van der Waals surface area contributed by atoms with Crippen LogP contribution >= 0.6 is 0 Å². The lowest BCUT2D eigenvalue weighted by Crippen LogP contribution is -1.92. The van der Waals surface area contributed by atoms with E-state index in [4.69, 9.17) is 30.5 Å². The predicted molar refractivity (Wildman–Crippen MR) is 190 cm³/mol. The summed E-state index contributed by atoms with van der Waals surface area (Å²) in [6.07, 6.45) is 0. The van der Waals surface area contributed by atoms with Crippen molar-refractivity contribution in [2.75, 3.05) is 0 Å². The Bertz CT molecular complexity index is 3920. The molecule has 1 nitrogen and oxygen atoms in total. The van der Waals surface area contributed by atoms with Gasteiger partial charge in [0.25, 0.3) is 0 Å². The highest BCUT2D eigenvalue weighted by molar-refractivity contribution is 6.23. The highest BCUT2D eigenvalue weighted by Gasteiger charge is 2.19. The molecule has 1 heterocycles. The SMILES string of the molecule is [2H]c1c([2H])c([2H])c(-c2cc3oc4c([2H])c(-c5c6c([2H])c([2H])c([2H])c([2H])c6c(-c6c([2H])c([2H])c([2H])c([2H])c6-c6c([2H])c([2H])c([2H])c([2H])c6[2H])c6c([2H])c([2H])c([2H])c([2H])c56)c([2H])c([2H])c4c3c([2H])c2[2H])c([2H])c1[2H]. The van der Waals surface area contributed by atoms with E-state index < -0.39 is 235 Å². The van der Waals surface area contributed by atoms with Gasteiger partial charge in [-0.1, -0.05) is 145 Å². The van der Waals surface area contributed by atoms with Gasteiger partial charge < -0.3 is 4.42 Å². The van der Waals surface area contributed by atoms with Crippen LogP contribution in [0.5, 0.6) is 0 Å². The second-order valence-electron chi connectivity index (χ2n) is 9.60. The predicted octanol–water partition coefficient (Wildman–Crippen LogP) is 12.6. The summed E-state index contributed by atoms with van der Waals surface area (Å²) in [4.78, 5) is 0. The highest BCUT2D eigenvalue weighted by Crippen LogP contribution is 2.46. The van der Waals surface area contributed by atoms with Crippen LogP contribution in [0, 0.1) is 0 Å². The van der Waals surface area contributed by atoms with Crippen molar-refractivity contribution in [2.45, 2.75) is 0 Å². The molecule has 0 aliphatic rings. The largest absolute Gasteiger partial charge is 0.456 e. The average Bonchev–Trinajstić information content (AvgIpc) is 3.75. The van der Waals surface area contributed by atoms with Crippen molar-refractivity contribution >= 4 is 43.5 Å². The van der Waals surface area contributed by atoms with Gasteiger partial charge >= 0.3 is 0 Å². The third-order valence-electron chi connectivity index (χ3n) is 7.17. The maximum atomic E-state index is 9.70. The zero-order valence-corrected chi connectivity index (χ0v) is 22.5. The molecule has 45 heavy (non-hydrogen) atoms. The highest BCUT2D eigenvalue weighted by atomic mass is 16.3. The first-order chi connectivity index (χ1) is 33.6. The van der Waals surface area contributed by atoms with Gasteiger partial charge in [0, 0.05) is 10.8 Å². The van der Waals surface area contributed by atoms with Gasteiger partial charge in [-0.2, -0.15) is 0 Å². The molecule has 1 heteroatoms. The van der Waals surface area contributed by atoms with E-state index in [1.807, 2.05) is 0 Å². The molecule has 0 bridgehead atoms. The molecule has 0 N–H and O–H groups in total. The third kappa shape index (κ3) is 4.17. The quantitative estimate of drug-likeness (QED) is 0.183. The molecule has 0 radical (unpaired) electrons. The zero-order valence-electron chi connectivity index (χ0n) is 49.5. The molecule has 0 aliphatic heterocycles. The fourth-order valence-electron chi connectivity index (χ4n) is 5.28. The number of rotatable bonds is 4. The van der Waals surface area contributed by atoms with Crippen LogP contribution < -0.4 is 0 Å². The minimum atomic E-state index is -1.05. The van der Waals surface area contributed by atoms with Crippen LogP contribution in [0.4, 0.5) is 0 Å². The van der Waals surface area contributed by atoms with Crippen LogP contribution in [0.3, 0.4) is 0 Å². The van der Waals surface area contributed by atoms with Gasteiger partial charge in [0.15, 0.2) is 0 Å². The molecule has 0 spiro atoms. The molecule has 0 atom stereocenters. The summed E-state index contributed by atoms with van der Waals surface area (Å²) in [5, 5.41) is -3.73. The summed E-state index contributed by atoms with van der Waals surface area (Å²) in [5.74, 6) is 0. The molecule has 0 aliphatic carbocycles. The van der Waals surface area contributed by atoms with Crippen LogP contribution in [0.2, 0.25) is 0 Å². The van der Waals surface area contributed by atoms with E-state index in [0.29, 0.717) is 0 Å². The Labute approximate surface area is 299 Å². The Morgan fingerprint density at radius 2 is 0.822 bits per heavy atom. The van der Waals surface area contributed by atoms with E-state index in [1.165, 1.54) is 0 Å². The van der Waals surface area contributed by atoms with Crippen molar-refractivity contribution in [3.8, 4) is 44.5 Å². The van der Waals surface area contributed by atoms with Gasteiger partial charge in [0.2, 0.25) is 0 Å². The maximum absolute atomic E-state index is 9.70. The molecule has 8 aromatic carbocycles. The molecule has 0 fully saturated rings. The lowest BCUT2D eigenvalue weighted by Gasteiger charge is -2.19. The van der Waals surface area contributed by atoms with E-state index in [2.05, 4.69) is 0 Å². The molecular weight excluding hydrogens is 544 g/mol. The molecule has 0 saturated heterocycles. The zero-order chi connectivity index (χ0) is 53.2. The van der Waals surface area contributed by atoms with Crippen molar-refractivity contribution < 1.29 is 41.4 Å². The summed E-state index contributed by atoms with van der Waals surface area (Å²) >= 11 is 0. The monoisotopic (exact) mass is 599 g/mol.